The number of carboxylic acids is 1. The lowest BCUT2D eigenvalue weighted by Gasteiger charge is -2.29. The Balaban J connectivity index is 0.000000472. The first kappa shape index (κ1) is 30.4. The molecule has 17 heteroatoms. The first-order chi connectivity index (χ1) is 20.3. The van der Waals surface area contributed by atoms with E-state index in [0.29, 0.717) is 42.1 Å². The Morgan fingerprint density at radius 1 is 1.05 bits per heavy atom. The van der Waals surface area contributed by atoms with Crippen LogP contribution in [0, 0.1) is 5.82 Å². The molecule has 2 N–H and O–H groups in total. The molecule has 3 aromatic heterocycles. The van der Waals surface area contributed by atoms with Gasteiger partial charge in [-0.2, -0.15) is 13.2 Å². The number of amides is 1. The summed E-state index contributed by atoms with van der Waals surface area (Å²) in [5, 5.41) is 16.2. The molecule has 0 unspecified atom stereocenters. The van der Waals surface area contributed by atoms with Gasteiger partial charge in [-0.05, 0) is 36.6 Å². The molecule has 0 spiro atoms. The number of hydrogen-bond donors (Lipinski definition) is 2. The van der Waals surface area contributed by atoms with E-state index in [1.165, 1.54) is 18.3 Å². The van der Waals surface area contributed by atoms with E-state index >= 15 is 0 Å². The Kier molecular flexibility index (Phi) is 8.38. The van der Waals surface area contributed by atoms with Crippen LogP contribution < -0.4 is 10.5 Å². The number of aromatic amines is 1. The summed E-state index contributed by atoms with van der Waals surface area (Å²) in [5.74, 6) is -2.21. The van der Waals surface area contributed by atoms with Crippen molar-refractivity contribution in [1.82, 2.24) is 29.0 Å². The van der Waals surface area contributed by atoms with Crippen molar-refractivity contribution in [2.24, 2.45) is 0 Å². The third-order valence-electron chi connectivity index (χ3n) is 7.09. The van der Waals surface area contributed by atoms with Crippen molar-refractivity contribution in [3.8, 4) is 0 Å². The van der Waals surface area contributed by atoms with Gasteiger partial charge in [-0.15, -0.1) is 10.2 Å². The molecule has 228 valence electrons. The topological polar surface area (TPSA) is 129 Å². The fourth-order valence-electron chi connectivity index (χ4n) is 5.01. The molecule has 1 amide bonds. The van der Waals surface area contributed by atoms with Gasteiger partial charge in [0, 0.05) is 44.5 Å². The van der Waals surface area contributed by atoms with E-state index in [9.17, 15) is 27.2 Å². The summed E-state index contributed by atoms with van der Waals surface area (Å²) in [7, 11) is 0. The molecule has 0 aliphatic carbocycles. The number of nitrogens with zero attached hydrogens (tertiary/aromatic N) is 6. The molecule has 1 saturated heterocycles. The van der Waals surface area contributed by atoms with Gasteiger partial charge in [0.25, 0.3) is 11.5 Å². The molecule has 0 atom stereocenters. The number of carboxylic acid groups (broad SMARTS) is 1. The van der Waals surface area contributed by atoms with Crippen LogP contribution in [-0.2, 0) is 24.3 Å². The monoisotopic (exact) mass is 643 g/mol. The summed E-state index contributed by atoms with van der Waals surface area (Å²) < 4.78 is 50.2. The van der Waals surface area contributed by atoms with Gasteiger partial charge in [0.2, 0.25) is 5.95 Å². The lowest BCUT2D eigenvalue weighted by Crippen LogP contribution is -2.39. The number of alkyl halides is 3. The predicted octanol–water partition coefficient (Wildman–Crippen LogP) is 4.15. The van der Waals surface area contributed by atoms with Crippen LogP contribution in [0.15, 0.2) is 35.3 Å². The summed E-state index contributed by atoms with van der Waals surface area (Å²) in [6.07, 6.45) is -0.975. The van der Waals surface area contributed by atoms with Crippen LogP contribution in [0.1, 0.15) is 40.3 Å². The van der Waals surface area contributed by atoms with Crippen molar-refractivity contribution >= 4 is 46.5 Å². The molecule has 43 heavy (non-hydrogen) atoms. The summed E-state index contributed by atoms with van der Waals surface area (Å²) in [4.78, 5) is 40.9. The van der Waals surface area contributed by atoms with Crippen LogP contribution in [0.3, 0.4) is 0 Å². The Labute approximate surface area is 250 Å². The number of fused-ring (bicyclic) bond motifs is 2. The highest BCUT2D eigenvalue weighted by atomic mass is 35.5. The second kappa shape index (κ2) is 11.9. The van der Waals surface area contributed by atoms with Gasteiger partial charge >= 0.3 is 12.1 Å². The molecule has 4 aromatic rings. The maximum atomic E-state index is 14.8. The van der Waals surface area contributed by atoms with Crippen molar-refractivity contribution in [3.05, 3.63) is 79.5 Å². The number of rotatable bonds is 4. The summed E-state index contributed by atoms with van der Waals surface area (Å²) >= 11 is 12.4. The summed E-state index contributed by atoms with van der Waals surface area (Å²) in [6.45, 7) is 3.18. The number of carbonyl (C=O) groups excluding carboxylic acids is 1. The molecule has 1 aromatic carbocycles. The predicted molar refractivity (Wildman–Crippen MR) is 147 cm³/mol. The summed E-state index contributed by atoms with van der Waals surface area (Å²) in [6, 6.07) is 5.93. The zero-order valence-electron chi connectivity index (χ0n) is 22.2. The minimum atomic E-state index is -5.08. The zero-order valence-corrected chi connectivity index (χ0v) is 23.7. The number of anilines is 1. The smallest absolute Gasteiger partial charge is 0.475 e. The first-order valence-electron chi connectivity index (χ1n) is 13.0. The van der Waals surface area contributed by atoms with E-state index in [-0.39, 0.29) is 27.8 Å². The molecule has 2 aliphatic rings. The largest absolute Gasteiger partial charge is 0.490 e. The second-order valence-electron chi connectivity index (χ2n) is 9.90. The third kappa shape index (κ3) is 6.18. The molecule has 5 heterocycles. The Hall–Kier alpha value is -4.11. The number of aliphatic carboxylic acids is 1. The van der Waals surface area contributed by atoms with Crippen LogP contribution in [-0.4, -0.2) is 71.8 Å². The van der Waals surface area contributed by atoms with Crippen LogP contribution in [0.2, 0.25) is 10.2 Å². The van der Waals surface area contributed by atoms with Crippen molar-refractivity contribution in [3.63, 3.8) is 0 Å². The average molecular weight is 644 g/mol. The molecule has 0 saturated carbocycles. The number of aromatic nitrogens is 5. The van der Waals surface area contributed by atoms with Gasteiger partial charge in [0.1, 0.15) is 16.5 Å². The number of halogens is 6. The van der Waals surface area contributed by atoms with Gasteiger partial charge in [-0.3, -0.25) is 18.6 Å². The SMILES string of the molecule is O=C(O)C(F)(F)F.O=C(c1cc(Cc2c[nH]c(=O)c3cc(Cl)c(Cl)n23)ccc1F)N1CCn2c(nnc2N2CCCC2)C1. The molecule has 6 rings (SSSR count). The minimum Gasteiger partial charge on any atom is -0.475 e. The van der Waals surface area contributed by atoms with Crippen molar-refractivity contribution < 1.29 is 32.3 Å². The van der Waals surface area contributed by atoms with Crippen LogP contribution in [0.25, 0.3) is 5.52 Å². The van der Waals surface area contributed by atoms with E-state index < -0.39 is 23.9 Å². The molecule has 11 nitrogen and oxygen atoms in total. The maximum Gasteiger partial charge on any atom is 0.490 e. The normalized spacial score (nSPS) is 14.9. The number of benzene rings is 1. The Morgan fingerprint density at radius 3 is 2.42 bits per heavy atom. The highest BCUT2D eigenvalue weighted by molar-refractivity contribution is 6.42. The standard InChI is InChI=1S/C24H22Cl2FN7O2.C2HF3O2/c25-17-11-19-22(35)28-12-15(34(19)21(17)26)9-14-3-4-18(27)16(10-14)23(36)32-7-8-33-20(13-32)29-30-24(33)31-5-1-2-6-31;3-2(4,5)1(6)7/h3-4,10-12H,1-2,5-9,13H2,(H,28,35);(H,6,7). The van der Waals surface area contributed by atoms with Crippen LogP contribution >= 0.6 is 23.2 Å². The van der Waals surface area contributed by atoms with E-state index in [1.807, 2.05) is 0 Å². The molecule has 0 bridgehead atoms. The fraction of sp³-hybridized carbons (Fsp3) is 0.346. The third-order valence-corrected chi connectivity index (χ3v) is 7.84. The van der Waals surface area contributed by atoms with Crippen molar-refractivity contribution in [2.75, 3.05) is 24.5 Å². The molecular weight excluding hydrogens is 621 g/mol. The fourth-order valence-corrected chi connectivity index (χ4v) is 5.46. The highest BCUT2D eigenvalue weighted by Gasteiger charge is 2.38. The second-order valence-corrected chi connectivity index (χ2v) is 10.7. The molecule has 1 fully saturated rings. The van der Waals surface area contributed by atoms with Crippen LogP contribution in [0.5, 0.6) is 0 Å². The Bertz CT molecular complexity index is 1760. The van der Waals surface area contributed by atoms with Crippen molar-refractivity contribution in [1.29, 1.82) is 0 Å². The Morgan fingerprint density at radius 2 is 1.74 bits per heavy atom. The molecule has 2 aliphatic heterocycles. The number of hydrogen-bond acceptors (Lipinski definition) is 6. The van der Waals surface area contributed by atoms with E-state index in [2.05, 4.69) is 24.6 Å². The van der Waals surface area contributed by atoms with E-state index in [0.717, 1.165) is 31.9 Å². The minimum absolute atomic E-state index is 0.0162. The lowest BCUT2D eigenvalue weighted by atomic mass is 10.0. The van der Waals surface area contributed by atoms with Crippen molar-refractivity contribution in [2.45, 2.75) is 38.5 Å². The first-order valence-corrected chi connectivity index (χ1v) is 13.7. The van der Waals surface area contributed by atoms with Gasteiger partial charge < -0.3 is 19.9 Å². The maximum absolute atomic E-state index is 14.8. The highest BCUT2D eigenvalue weighted by Crippen LogP contribution is 2.28. The van der Waals surface area contributed by atoms with Gasteiger partial charge in [-0.1, -0.05) is 29.3 Å². The average Bonchev–Trinajstić information content (AvgIpc) is 3.70. The molecular formula is C26H23Cl2F4N7O4. The number of H-pyrrole nitrogens is 1. The lowest BCUT2D eigenvalue weighted by molar-refractivity contribution is -0.192. The van der Waals surface area contributed by atoms with E-state index in [1.54, 1.807) is 21.4 Å². The van der Waals surface area contributed by atoms with Gasteiger partial charge in [-0.25, -0.2) is 9.18 Å². The number of carbonyl (C=O) groups is 2. The number of nitrogens with one attached hydrogen (secondary N) is 1. The van der Waals surface area contributed by atoms with Gasteiger partial charge in [0.05, 0.1) is 17.1 Å². The van der Waals surface area contributed by atoms with Gasteiger partial charge in [0.15, 0.2) is 5.82 Å². The quantitative estimate of drug-likeness (QED) is 0.320. The summed E-state index contributed by atoms with van der Waals surface area (Å²) in [5.41, 5.74) is 1.30. The van der Waals surface area contributed by atoms with Crippen LogP contribution in [0.4, 0.5) is 23.5 Å². The molecule has 0 radical (unpaired) electrons. The zero-order chi connectivity index (χ0) is 31.1. The van der Waals surface area contributed by atoms with E-state index in [4.69, 9.17) is 33.1 Å².